The summed E-state index contributed by atoms with van der Waals surface area (Å²) >= 11 is 0. The molecular weight excluding hydrogens is 216 g/mol. The molecule has 0 aromatic heterocycles. The zero-order chi connectivity index (χ0) is 12.9. The first kappa shape index (κ1) is 12.9. The van der Waals surface area contributed by atoms with Crippen molar-refractivity contribution in [3.05, 3.63) is 0 Å². The predicted octanol–water partition coefficient (Wildman–Crippen LogP) is 3.07. The Balaban J connectivity index is 2.50. The van der Waals surface area contributed by atoms with Gasteiger partial charge in [-0.2, -0.15) is 0 Å². The predicted molar refractivity (Wildman–Crippen MR) is 65.7 cm³/mol. The lowest BCUT2D eigenvalue weighted by Crippen LogP contribution is -2.58. The van der Waals surface area contributed by atoms with Gasteiger partial charge in [-0.25, -0.2) is 0 Å². The van der Waals surface area contributed by atoms with E-state index in [0.717, 1.165) is 25.7 Å². The van der Waals surface area contributed by atoms with Crippen molar-refractivity contribution in [2.24, 2.45) is 5.92 Å². The van der Waals surface area contributed by atoms with E-state index < -0.39 is 11.2 Å². The minimum atomic E-state index is -0.452. The average Bonchev–Trinajstić information content (AvgIpc) is 2.37. The van der Waals surface area contributed by atoms with Crippen molar-refractivity contribution in [2.45, 2.75) is 77.1 Å². The minimum Gasteiger partial charge on any atom is -0.456 e. The van der Waals surface area contributed by atoms with Gasteiger partial charge in [-0.15, -0.1) is 0 Å². The molecular formula is C14H24O3. The Morgan fingerprint density at radius 1 is 1.24 bits per heavy atom. The highest BCUT2D eigenvalue weighted by atomic mass is 16.6. The number of hydrogen-bond donors (Lipinski definition) is 0. The second-order valence-corrected chi connectivity index (χ2v) is 6.15. The summed E-state index contributed by atoms with van der Waals surface area (Å²) in [7, 11) is 0. The van der Waals surface area contributed by atoms with E-state index in [0.29, 0.717) is 0 Å². The highest BCUT2D eigenvalue weighted by Gasteiger charge is 2.61. The molecule has 3 heterocycles. The van der Waals surface area contributed by atoms with Crippen LogP contribution in [-0.4, -0.2) is 22.8 Å². The number of esters is 1. The molecule has 3 aliphatic heterocycles. The van der Waals surface area contributed by atoms with Crippen LogP contribution < -0.4 is 0 Å². The number of ether oxygens (including phenoxy) is 2. The minimum absolute atomic E-state index is 0.0695. The third-order valence-electron chi connectivity index (χ3n) is 4.92. The van der Waals surface area contributed by atoms with Gasteiger partial charge in [0, 0.05) is 0 Å². The van der Waals surface area contributed by atoms with Gasteiger partial charge in [-0.1, -0.05) is 13.8 Å². The van der Waals surface area contributed by atoms with Crippen LogP contribution in [0.4, 0.5) is 0 Å². The van der Waals surface area contributed by atoms with Crippen LogP contribution in [0.25, 0.3) is 0 Å². The summed E-state index contributed by atoms with van der Waals surface area (Å²) in [5, 5.41) is 0. The molecule has 3 aliphatic rings. The molecule has 2 atom stereocenters. The molecule has 3 saturated heterocycles. The van der Waals surface area contributed by atoms with Gasteiger partial charge in [-0.05, 0) is 46.5 Å². The van der Waals surface area contributed by atoms with Crippen molar-refractivity contribution in [2.75, 3.05) is 0 Å². The summed E-state index contributed by atoms with van der Waals surface area (Å²) in [5.74, 6) is -0.185. The fourth-order valence-electron chi connectivity index (χ4n) is 3.71. The second-order valence-electron chi connectivity index (χ2n) is 6.15. The molecule has 0 amide bonds. The smallest absolute Gasteiger partial charge is 0.312 e. The van der Waals surface area contributed by atoms with Crippen LogP contribution in [0.2, 0.25) is 0 Å². The van der Waals surface area contributed by atoms with E-state index in [9.17, 15) is 4.79 Å². The maximum atomic E-state index is 12.3. The zero-order valence-electron chi connectivity index (χ0n) is 11.6. The SMILES string of the molecule is CCC1(CC)OC(=O)C2CCC1(C)OC2(C)C. The molecule has 0 aliphatic carbocycles. The number of fused-ring (bicyclic) bond motifs is 4. The van der Waals surface area contributed by atoms with Gasteiger partial charge in [0.2, 0.25) is 0 Å². The van der Waals surface area contributed by atoms with Gasteiger partial charge < -0.3 is 9.47 Å². The van der Waals surface area contributed by atoms with Gasteiger partial charge >= 0.3 is 5.97 Å². The summed E-state index contributed by atoms with van der Waals surface area (Å²) in [6.07, 6.45) is 3.42. The van der Waals surface area contributed by atoms with Crippen LogP contribution in [0.5, 0.6) is 0 Å². The van der Waals surface area contributed by atoms with Gasteiger partial charge in [0.1, 0.15) is 11.2 Å². The first-order chi connectivity index (χ1) is 7.80. The lowest BCUT2D eigenvalue weighted by molar-refractivity contribution is -0.233. The number of carbonyl (C=O) groups is 1. The van der Waals surface area contributed by atoms with Crippen LogP contribution in [0.3, 0.4) is 0 Å². The Morgan fingerprint density at radius 3 is 2.29 bits per heavy atom. The summed E-state index contributed by atoms with van der Waals surface area (Å²) in [4.78, 5) is 12.3. The molecule has 0 saturated carbocycles. The molecule has 3 fully saturated rings. The maximum absolute atomic E-state index is 12.3. The molecule has 0 aromatic carbocycles. The Kier molecular flexibility index (Phi) is 2.81. The monoisotopic (exact) mass is 240 g/mol. The third kappa shape index (κ3) is 1.62. The number of hydrogen-bond acceptors (Lipinski definition) is 3. The molecule has 98 valence electrons. The summed E-state index contributed by atoms with van der Waals surface area (Å²) < 4.78 is 12.2. The zero-order valence-corrected chi connectivity index (χ0v) is 11.6. The van der Waals surface area contributed by atoms with E-state index in [2.05, 4.69) is 20.8 Å². The fraction of sp³-hybridized carbons (Fsp3) is 0.929. The Morgan fingerprint density at radius 2 is 1.82 bits per heavy atom. The molecule has 0 aromatic rings. The molecule has 17 heavy (non-hydrogen) atoms. The van der Waals surface area contributed by atoms with Gasteiger partial charge in [0.05, 0.1) is 11.5 Å². The molecule has 3 rings (SSSR count). The van der Waals surface area contributed by atoms with Crippen molar-refractivity contribution in [3.8, 4) is 0 Å². The third-order valence-corrected chi connectivity index (χ3v) is 4.92. The van der Waals surface area contributed by atoms with Gasteiger partial charge in [-0.3, -0.25) is 4.79 Å². The van der Waals surface area contributed by atoms with Crippen LogP contribution in [-0.2, 0) is 14.3 Å². The van der Waals surface area contributed by atoms with E-state index in [-0.39, 0.29) is 17.5 Å². The van der Waals surface area contributed by atoms with Crippen LogP contribution >= 0.6 is 0 Å². The van der Waals surface area contributed by atoms with Crippen LogP contribution in [0.15, 0.2) is 0 Å². The van der Waals surface area contributed by atoms with Gasteiger partial charge in [0.25, 0.3) is 0 Å². The number of carbonyl (C=O) groups excluding carboxylic acids is 1. The molecule has 3 heteroatoms. The van der Waals surface area contributed by atoms with E-state index in [1.54, 1.807) is 0 Å². The fourth-order valence-corrected chi connectivity index (χ4v) is 3.71. The molecule has 3 nitrogen and oxygen atoms in total. The summed E-state index contributed by atoms with van der Waals surface area (Å²) in [6.45, 7) is 10.3. The Labute approximate surface area is 104 Å². The van der Waals surface area contributed by atoms with E-state index in [4.69, 9.17) is 9.47 Å². The normalized spacial score (nSPS) is 38.6. The average molecular weight is 240 g/mol. The highest BCUT2D eigenvalue weighted by molar-refractivity contribution is 5.75. The standard InChI is InChI=1S/C14H24O3/c1-6-14(7-2)13(5)9-8-10(11(15)16-14)12(3,4)17-13/h10H,6-9H2,1-5H3. The topological polar surface area (TPSA) is 35.5 Å². The maximum Gasteiger partial charge on any atom is 0.312 e. The quantitative estimate of drug-likeness (QED) is 0.696. The number of rotatable bonds is 2. The summed E-state index contributed by atoms with van der Waals surface area (Å²) in [5.41, 5.74) is -1.20. The van der Waals surface area contributed by atoms with Crippen molar-refractivity contribution in [1.82, 2.24) is 0 Å². The van der Waals surface area contributed by atoms with Crippen molar-refractivity contribution in [1.29, 1.82) is 0 Å². The van der Waals surface area contributed by atoms with Crippen LogP contribution in [0, 0.1) is 5.92 Å². The first-order valence-corrected chi connectivity index (χ1v) is 6.73. The molecule has 2 unspecified atom stereocenters. The van der Waals surface area contributed by atoms with Crippen LogP contribution in [0.1, 0.15) is 60.3 Å². The largest absolute Gasteiger partial charge is 0.456 e. The Hall–Kier alpha value is -0.570. The van der Waals surface area contributed by atoms with Gasteiger partial charge in [0.15, 0.2) is 0 Å². The van der Waals surface area contributed by atoms with E-state index in [1.165, 1.54) is 0 Å². The van der Waals surface area contributed by atoms with Crippen molar-refractivity contribution >= 4 is 5.97 Å². The Bertz CT molecular complexity index is 330. The highest BCUT2D eigenvalue weighted by Crippen LogP contribution is 2.52. The van der Waals surface area contributed by atoms with E-state index >= 15 is 0 Å². The molecule has 0 spiro atoms. The molecule has 0 N–H and O–H groups in total. The molecule has 0 radical (unpaired) electrons. The second kappa shape index (κ2) is 3.71. The van der Waals surface area contributed by atoms with Crippen molar-refractivity contribution < 1.29 is 14.3 Å². The lowest BCUT2D eigenvalue weighted by Gasteiger charge is -2.50. The van der Waals surface area contributed by atoms with Crippen molar-refractivity contribution in [3.63, 3.8) is 0 Å². The summed E-state index contributed by atoms with van der Waals surface area (Å²) in [6, 6.07) is 0. The lowest BCUT2D eigenvalue weighted by atomic mass is 9.72. The first-order valence-electron chi connectivity index (χ1n) is 6.73. The van der Waals surface area contributed by atoms with E-state index in [1.807, 2.05) is 13.8 Å². The molecule has 2 bridgehead atoms.